The fourth-order valence-electron chi connectivity index (χ4n) is 2.42. The summed E-state index contributed by atoms with van der Waals surface area (Å²) in [5.41, 5.74) is 1.59. The van der Waals surface area contributed by atoms with Crippen molar-refractivity contribution < 1.29 is 22.6 Å². The van der Waals surface area contributed by atoms with E-state index in [1.807, 2.05) is 0 Å². The first-order chi connectivity index (χ1) is 13.2. The number of hydrogen-bond acceptors (Lipinski definition) is 6. The minimum Gasteiger partial charge on any atom is -0.497 e. The third-order valence-corrected chi connectivity index (χ3v) is 5.47. The number of methoxy groups -OCH3 is 1. The van der Waals surface area contributed by atoms with Gasteiger partial charge in [0, 0.05) is 35.9 Å². The van der Waals surface area contributed by atoms with Gasteiger partial charge in [-0.3, -0.25) is 4.98 Å². The quantitative estimate of drug-likeness (QED) is 0.420. The molecule has 0 spiro atoms. The maximum atomic E-state index is 13.0. The Morgan fingerprint density at radius 3 is 2.71 bits per heavy atom. The topological polar surface area (TPSA) is 90.1 Å². The Morgan fingerprint density at radius 2 is 2.11 bits per heavy atom. The predicted molar refractivity (Wildman–Crippen MR) is 101 cm³/mol. The second-order valence-corrected chi connectivity index (χ2v) is 9.28. The van der Waals surface area contributed by atoms with Gasteiger partial charge >= 0.3 is 11.3 Å². The van der Waals surface area contributed by atoms with E-state index in [1.54, 1.807) is 50.2 Å². The molecule has 2 heterocycles. The average Bonchev–Trinajstić information content (AvgIpc) is 3.12. The number of aromatic nitrogens is 3. The Hall–Kier alpha value is -2.51. The van der Waals surface area contributed by atoms with Gasteiger partial charge in [-0.1, -0.05) is 11.2 Å². The molecular formula is C17H16ClF2N4O3P. The van der Waals surface area contributed by atoms with Crippen molar-refractivity contribution in [2.75, 3.05) is 18.9 Å². The molecule has 1 unspecified atom stereocenters. The molecule has 0 aliphatic carbocycles. The number of anilines is 1. The Morgan fingerprint density at radius 1 is 1.32 bits per heavy atom. The summed E-state index contributed by atoms with van der Waals surface area (Å²) < 4.78 is 48.4. The fourth-order valence-corrected chi connectivity index (χ4v) is 4.07. The summed E-state index contributed by atoms with van der Waals surface area (Å²) in [6.07, 6.45) is 1.57. The smallest absolute Gasteiger partial charge is 0.400 e. The Labute approximate surface area is 164 Å². The number of nitrogens with zero attached hydrogens (tertiary/aromatic N) is 3. The lowest BCUT2D eigenvalue weighted by atomic mass is 10.2. The third kappa shape index (κ3) is 5.05. The second kappa shape index (κ2) is 7.85. The van der Waals surface area contributed by atoms with Crippen molar-refractivity contribution >= 4 is 24.6 Å². The molecule has 148 valence electrons. The SMILES string of the molecule is COc1cccc(NP(C)(=O)Cc2ccc(-c3noc(C(F)(F)Cl)n3)cn2)c1. The zero-order chi connectivity index (χ0) is 20.4. The van der Waals surface area contributed by atoms with E-state index in [-0.39, 0.29) is 12.0 Å². The monoisotopic (exact) mass is 428 g/mol. The van der Waals surface area contributed by atoms with Gasteiger partial charge < -0.3 is 18.9 Å². The number of rotatable bonds is 7. The van der Waals surface area contributed by atoms with E-state index in [9.17, 15) is 13.3 Å². The number of hydrogen-bond donors (Lipinski definition) is 1. The Bertz CT molecular complexity index is 1010. The Balaban J connectivity index is 1.71. The standard InChI is InChI=1S/C17H16ClF2N4O3P/c1-26-14-5-3-4-12(8-14)24-28(2,25)10-13-7-6-11(9-21-13)15-22-16(27-23-15)17(18,19)20/h3-9H,10H2,1-2H3,(H,24,25). The molecule has 0 saturated heterocycles. The van der Waals surface area contributed by atoms with Crippen molar-refractivity contribution in [3.8, 4) is 17.1 Å². The van der Waals surface area contributed by atoms with Gasteiger partial charge in [-0.25, -0.2) is 0 Å². The number of alkyl halides is 3. The van der Waals surface area contributed by atoms with E-state index in [2.05, 4.69) is 24.7 Å². The van der Waals surface area contributed by atoms with E-state index in [0.29, 0.717) is 22.7 Å². The lowest BCUT2D eigenvalue weighted by Gasteiger charge is -2.16. The van der Waals surface area contributed by atoms with Crippen molar-refractivity contribution in [1.82, 2.24) is 15.1 Å². The lowest BCUT2D eigenvalue weighted by Crippen LogP contribution is -2.03. The van der Waals surface area contributed by atoms with Crippen molar-refractivity contribution in [1.29, 1.82) is 0 Å². The van der Waals surface area contributed by atoms with Gasteiger partial charge in [0.2, 0.25) is 5.82 Å². The highest BCUT2D eigenvalue weighted by atomic mass is 35.5. The molecular weight excluding hydrogens is 413 g/mol. The van der Waals surface area contributed by atoms with Crippen LogP contribution in [0.1, 0.15) is 11.6 Å². The first-order valence-corrected chi connectivity index (χ1v) is 10.7. The predicted octanol–water partition coefficient (Wildman–Crippen LogP) is 4.95. The van der Waals surface area contributed by atoms with Crippen molar-refractivity contribution in [3.63, 3.8) is 0 Å². The van der Waals surface area contributed by atoms with Crippen LogP contribution in [0.2, 0.25) is 0 Å². The number of halogens is 3. The Kier molecular flexibility index (Phi) is 5.67. The van der Waals surface area contributed by atoms with Gasteiger partial charge in [0.15, 0.2) is 7.29 Å². The minimum absolute atomic E-state index is 0.0661. The molecule has 3 rings (SSSR count). The molecule has 0 saturated carbocycles. The molecule has 7 nitrogen and oxygen atoms in total. The van der Waals surface area contributed by atoms with E-state index in [0.717, 1.165) is 0 Å². The van der Waals surface area contributed by atoms with E-state index < -0.39 is 18.6 Å². The summed E-state index contributed by atoms with van der Waals surface area (Å²) in [6.45, 7) is 1.61. The summed E-state index contributed by atoms with van der Waals surface area (Å²) in [6, 6.07) is 10.3. The maximum Gasteiger partial charge on any atom is 0.400 e. The van der Waals surface area contributed by atoms with Gasteiger partial charge in [-0.05, 0) is 35.9 Å². The van der Waals surface area contributed by atoms with Crippen molar-refractivity contribution in [2.45, 2.75) is 11.5 Å². The van der Waals surface area contributed by atoms with Crippen LogP contribution in [-0.4, -0.2) is 28.9 Å². The van der Waals surface area contributed by atoms with Crippen molar-refractivity contribution in [3.05, 3.63) is 54.2 Å². The zero-order valence-corrected chi connectivity index (χ0v) is 16.5. The second-order valence-electron chi connectivity index (χ2n) is 6.06. The van der Waals surface area contributed by atoms with Crippen LogP contribution in [0.15, 0.2) is 47.1 Å². The highest BCUT2D eigenvalue weighted by Crippen LogP contribution is 2.45. The highest BCUT2D eigenvalue weighted by Gasteiger charge is 2.35. The van der Waals surface area contributed by atoms with Crippen LogP contribution >= 0.6 is 18.9 Å². The number of benzene rings is 1. The summed E-state index contributed by atoms with van der Waals surface area (Å²) in [5, 5.41) is 2.73. The van der Waals surface area contributed by atoms with Crippen LogP contribution in [0.4, 0.5) is 14.5 Å². The minimum atomic E-state index is -3.74. The molecule has 0 amide bonds. The van der Waals surface area contributed by atoms with Crippen molar-refractivity contribution in [2.24, 2.45) is 0 Å². The maximum absolute atomic E-state index is 13.0. The van der Waals surface area contributed by atoms with Gasteiger partial charge in [0.25, 0.3) is 0 Å². The van der Waals surface area contributed by atoms with Crippen LogP contribution in [-0.2, 0) is 16.1 Å². The molecule has 2 aromatic heterocycles. The highest BCUT2D eigenvalue weighted by molar-refractivity contribution is 7.63. The molecule has 1 atom stereocenters. The number of pyridine rings is 1. The first-order valence-electron chi connectivity index (χ1n) is 8.01. The van der Waals surface area contributed by atoms with Crippen LogP contribution in [0.3, 0.4) is 0 Å². The number of ether oxygens (including phenoxy) is 1. The number of nitrogens with one attached hydrogen (secondary N) is 1. The molecule has 11 heteroatoms. The lowest BCUT2D eigenvalue weighted by molar-refractivity contribution is 0.0551. The van der Waals surface area contributed by atoms with Gasteiger partial charge in [0.05, 0.1) is 13.3 Å². The molecule has 28 heavy (non-hydrogen) atoms. The molecule has 3 aromatic rings. The molecule has 0 bridgehead atoms. The molecule has 1 N–H and O–H groups in total. The zero-order valence-electron chi connectivity index (χ0n) is 14.9. The van der Waals surface area contributed by atoms with E-state index >= 15 is 0 Å². The first kappa shape index (κ1) is 20.2. The average molecular weight is 429 g/mol. The van der Waals surface area contributed by atoms with E-state index in [1.165, 1.54) is 6.20 Å². The normalized spacial score (nSPS) is 13.8. The molecule has 0 aliphatic rings. The van der Waals surface area contributed by atoms with Crippen LogP contribution in [0, 0.1) is 0 Å². The van der Waals surface area contributed by atoms with E-state index in [4.69, 9.17) is 16.3 Å². The van der Waals surface area contributed by atoms with Gasteiger partial charge in [-0.2, -0.15) is 13.8 Å². The van der Waals surface area contributed by atoms with Crippen LogP contribution in [0.5, 0.6) is 5.75 Å². The summed E-state index contributed by atoms with van der Waals surface area (Å²) >= 11 is 4.85. The van der Waals surface area contributed by atoms with Gasteiger partial charge in [0.1, 0.15) is 5.75 Å². The van der Waals surface area contributed by atoms with Gasteiger partial charge in [-0.15, -0.1) is 0 Å². The molecule has 0 radical (unpaired) electrons. The fraction of sp³-hybridized carbons (Fsp3) is 0.235. The molecule has 1 aromatic carbocycles. The van der Waals surface area contributed by atoms with Crippen LogP contribution < -0.4 is 9.82 Å². The van der Waals surface area contributed by atoms with Crippen LogP contribution in [0.25, 0.3) is 11.4 Å². The molecule has 0 fully saturated rings. The third-order valence-electron chi connectivity index (χ3n) is 3.65. The summed E-state index contributed by atoms with van der Waals surface area (Å²) in [4.78, 5) is 7.76. The largest absolute Gasteiger partial charge is 0.497 e. The summed E-state index contributed by atoms with van der Waals surface area (Å²) in [7, 11) is -1.25. The summed E-state index contributed by atoms with van der Waals surface area (Å²) in [5.74, 6) is -0.410. The molecule has 0 aliphatic heterocycles.